The van der Waals surface area contributed by atoms with Gasteiger partial charge >= 0.3 is 0 Å². The van der Waals surface area contributed by atoms with Gasteiger partial charge in [-0.15, -0.1) is 0 Å². The van der Waals surface area contributed by atoms with Crippen molar-refractivity contribution in [2.24, 2.45) is 0 Å². The van der Waals surface area contributed by atoms with Crippen LogP contribution in [0, 0.1) is 10.1 Å². The van der Waals surface area contributed by atoms with E-state index >= 15 is 0 Å². The lowest BCUT2D eigenvalue weighted by atomic mass is 9.92. The van der Waals surface area contributed by atoms with Crippen LogP contribution < -0.4 is 5.32 Å². The largest absolute Gasteiger partial charge is 0.381 e. The summed E-state index contributed by atoms with van der Waals surface area (Å²) in [5, 5.41) is 14.4. The van der Waals surface area contributed by atoms with E-state index in [0.29, 0.717) is 11.1 Å². The van der Waals surface area contributed by atoms with Gasteiger partial charge in [-0.2, -0.15) is 0 Å². The highest BCUT2D eigenvalue weighted by molar-refractivity contribution is 6.33. The Kier molecular flexibility index (Phi) is 4.61. The van der Waals surface area contributed by atoms with Crippen LogP contribution in [0.2, 0.25) is 5.02 Å². The summed E-state index contributed by atoms with van der Waals surface area (Å²) in [6, 6.07) is 4.81. The van der Waals surface area contributed by atoms with E-state index in [4.69, 9.17) is 16.3 Å². The number of methoxy groups -OCH3 is 1. The van der Waals surface area contributed by atoms with Gasteiger partial charge in [0.05, 0.1) is 21.7 Å². The fourth-order valence-corrected chi connectivity index (χ4v) is 2.67. The number of nitro groups is 1. The van der Waals surface area contributed by atoms with Crippen molar-refractivity contribution >= 4 is 23.0 Å². The van der Waals surface area contributed by atoms with Crippen molar-refractivity contribution in [1.82, 2.24) is 0 Å². The molecule has 1 aliphatic rings. The average molecular weight is 285 g/mol. The topological polar surface area (TPSA) is 64.4 Å². The third-order valence-corrected chi connectivity index (χ3v) is 3.80. The zero-order valence-electron chi connectivity index (χ0n) is 10.8. The van der Waals surface area contributed by atoms with Crippen LogP contribution in [-0.4, -0.2) is 24.2 Å². The van der Waals surface area contributed by atoms with Crippen LogP contribution in [0.5, 0.6) is 0 Å². The number of non-ortho nitro benzene ring substituents is 1. The van der Waals surface area contributed by atoms with Crippen LogP contribution in [-0.2, 0) is 4.74 Å². The Labute approximate surface area is 117 Å². The molecule has 2 rings (SSSR count). The van der Waals surface area contributed by atoms with Crippen LogP contribution in [0.25, 0.3) is 0 Å². The van der Waals surface area contributed by atoms with E-state index in [-0.39, 0.29) is 11.8 Å². The Morgan fingerprint density at radius 3 is 2.89 bits per heavy atom. The smallest absolute Gasteiger partial charge is 0.271 e. The minimum atomic E-state index is -0.447. The number of ether oxygens (including phenoxy) is 1. The third-order valence-electron chi connectivity index (χ3n) is 3.48. The minimum Gasteiger partial charge on any atom is -0.381 e. The molecule has 0 saturated heterocycles. The summed E-state index contributed by atoms with van der Waals surface area (Å²) in [6.45, 7) is 0. The van der Waals surface area contributed by atoms with Crippen LogP contribution in [0.3, 0.4) is 0 Å². The molecule has 1 saturated carbocycles. The van der Waals surface area contributed by atoms with Gasteiger partial charge in [-0.25, -0.2) is 0 Å². The van der Waals surface area contributed by atoms with Gasteiger partial charge in [-0.1, -0.05) is 11.6 Å². The van der Waals surface area contributed by atoms with Crippen molar-refractivity contribution in [1.29, 1.82) is 0 Å². The number of nitrogens with one attached hydrogen (secondary N) is 1. The lowest BCUT2D eigenvalue weighted by molar-refractivity contribution is -0.384. The molecule has 0 amide bonds. The van der Waals surface area contributed by atoms with E-state index in [1.165, 1.54) is 12.1 Å². The van der Waals surface area contributed by atoms with Gasteiger partial charge in [-0.3, -0.25) is 10.1 Å². The number of hydrogen-bond acceptors (Lipinski definition) is 4. The first-order chi connectivity index (χ1) is 9.10. The van der Waals surface area contributed by atoms with Crippen molar-refractivity contribution < 1.29 is 9.66 Å². The molecule has 1 aliphatic carbocycles. The number of hydrogen-bond donors (Lipinski definition) is 1. The molecular weight excluding hydrogens is 268 g/mol. The summed E-state index contributed by atoms with van der Waals surface area (Å²) in [5.41, 5.74) is 0.753. The molecule has 1 aromatic rings. The number of halogens is 1. The first-order valence-corrected chi connectivity index (χ1v) is 6.71. The zero-order valence-corrected chi connectivity index (χ0v) is 11.5. The molecule has 0 spiro atoms. The van der Waals surface area contributed by atoms with E-state index in [9.17, 15) is 10.1 Å². The molecule has 0 aliphatic heterocycles. The summed E-state index contributed by atoms with van der Waals surface area (Å²) in [6.07, 6.45) is 4.48. The Bertz CT molecular complexity index is 467. The van der Waals surface area contributed by atoms with Crippen molar-refractivity contribution in [3.8, 4) is 0 Å². The van der Waals surface area contributed by atoms with Gasteiger partial charge in [0.1, 0.15) is 0 Å². The first kappa shape index (κ1) is 14.1. The second-order valence-corrected chi connectivity index (χ2v) is 5.19. The van der Waals surface area contributed by atoms with E-state index in [1.807, 2.05) is 0 Å². The predicted octanol–water partition coefficient (Wildman–Crippen LogP) is 3.62. The molecule has 1 aromatic carbocycles. The highest BCUT2D eigenvalue weighted by Gasteiger charge is 2.22. The van der Waals surface area contributed by atoms with Gasteiger partial charge in [0.15, 0.2) is 0 Å². The second-order valence-electron chi connectivity index (χ2n) is 4.79. The first-order valence-electron chi connectivity index (χ1n) is 6.33. The summed E-state index contributed by atoms with van der Waals surface area (Å²) in [7, 11) is 1.73. The predicted molar refractivity (Wildman–Crippen MR) is 74.8 cm³/mol. The average Bonchev–Trinajstić information content (AvgIpc) is 2.41. The Balaban J connectivity index is 2.04. The van der Waals surface area contributed by atoms with Crippen LogP contribution in [0.15, 0.2) is 18.2 Å². The third kappa shape index (κ3) is 3.58. The lowest BCUT2D eigenvalue weighted by Gasteiger charge is -2.29. The maximum absolute atomic E-state index is 10.6. The fourth-order valence-electron chi connectivity index (χ4n) is 2.44. The monoisotopic (exact) mass is 284 g/mol. The summed E-state index contributed by atoms with van der Waals surface area (Å²) in [4.78, 5) is 10.2. The van der Waals surface area contributed by atoms with E-state index < -0.39 is 4.92 Å². The number of anilines is 1. The molecule has 1 fully saturated rings. The number of nitrogens with zero attached hydrogens (tertiary/aromatic N) is 1. The number of nitro benzene ring substituents is 1. The fraction of sp³-hybridized carbons (Fsp3) is 0.538. The Morgan fingerprint density at radius 2 is 2.26 bits per heavy atom. The summed E-state index contributed by atoms with van der Waals surface area (Å²) in [5.74, 6) is 0. The van der Waals surface area contributed by atoms with Crippen LogP contribution in [0.4, 0.5) is 11.4 Å². The molecule has 1 N–H and O–H groups in total. The molecule has 5 nitrogen and oxygen atoms in total. The van der Waals surface area contributed by atoms with E-state index in [0.717, 1.165) is 31.4 Å². The standard InChI is InChI=1S/C13H17ClN2O3/c1-19-11-4-2-3-9(7-11)15-13-6-5-10(16(17)18)8-12(13)14/h5-6,8-9,11,15H,2-4,7H2,1H3. The maximum Gasteiger partial charge on any atom is 0.271 e. The molecule has 2 unspecified atom stereocenters. The molecule has 19 heavy (non-hydrogen) atoms. The highest BCUT2D eigenvalue weighted by atomic mass is 35.5. The second kappa shape index (κ2) is 6.21. The highest BCUT2D eigenvalue weighted by Crippen LogP contribution is 2.30. The Morgan fingerprint density at radius 1 is 1.47 bits per heavy atom. The number of benzene rings is 1. The van der Waals surface area contributed by atoms with Gasteiger partial charge in [0, 0.05) is 25.3 Å². The van der Waals surface area contributed by atoms with Gasteiger partial charge in [-0.05, 0) is 31.7 Å². The van der Waals surface area contributed by atoms with Crippen molar-refractivity contribution in [3.63, 3.8) is 0 Å². The minimum absolute atomic E-state index is 0.00830. The molecule has 6 heteroatoms. The maximum atomic E-state index is 10.6. The molecule has 2 atom stereocenters. The van der Waals surface area contributed by atoms with Crippen molar-refractivity contribution in [3.05, 3.63) is 33.3 Å². The molecular formula is C13H17ClN2O3. The van der Waals surface area contributed by atoms with Crippen LogP contribution >= 0.6 is 11.6 Å². The van der Waals surface area contributed by atoms with Crippen molar-refractivity contribution in [2.45, 2.75) is 37.8 Å². The molecule has 0 heterocycles. The van der Waals surface area contributed by atoms with Crippen molar-refractivity contribution in [2.75, 3.05) is 12.4 Å². The zero-order chi connectivity index (χ0) is 13.8. The van der Waals surface area contributed by atoms with E-state index in [2.05, 4.69) is 5.32 Å². The summed E-state index contributed by atoms with van der Waals surface area (Å²) < 4.78 is 5.38. The molecule has 0 aromatic heterocycles. The molecule has 0 bridgehead atoms. The SMILES string of the molecule is COC1CCCC(Nc2ccc([N+](=O)[O-])cc2Cl)C1. The quantitative estimate of drug-likeness (QED) is 0.677. The Hall–Kier alpha value is -1.33. The van der Waals surface area contributed by atoms with E-state index in [1.54, 1.807) is 13.2 Å². The van der Waals surface area contributed by atoms with Gasteiger partial charge < -0.3 is 10.1 Å². The van der Waals surface area contributed by atoms with Gasteiger partial charge in [0.2, 0.25) is 0 Å². The van der Waals surface area contributed by atoms with Gasteiger partial charge in [0.25, 0.3) is 5.69 Å². The molecule has 104 valence electrons. The van der Waals surface area contributed by atoms with Crippen LogP contribution in [0.1, 0.15) is 25.7 Å². The lowest BCUT2D eigenvalue weighted by Crippen LogP contribution is -2.31. The molecule has 0 radical (unpaired) electrons. The summed E-state index contributed by atoms with van der Waals surface area (Å²) >= 11 is 6.06. The normalized spacial score (nSPS) is 23.1. The number of rotatable bonds is 4.